The summed E-state index contributed by atoms with van der Waals surface area (Å²) in [4.78, 5) is 13.7. The molecule has 1 amide bonds. The fourth-order valence-electron chi connectivity index (χ4n) is 7.93. The summed E-state index contributed by atoms with van der Waals surface area (Å²) in [6.45, 7) is 4.34. The highest BCUT2D eigenvalue weighted by atomic mass is 35.5. The minimum atomic E-state index is -4.05. The van der Waals surface area contributed by atoms with Crippen LogP contribution in [0.15, 0.2) is 53.4 Å². The van der Waals surface area contributed by atoms with E-state index in [1.165, 1.54) is 44.6 Å². The number of rotatable bonds is 7. The zero-order chi connectivity index (χ0) is 25.1. The van der Waals surface area contributed by atoms with E-state index in [9.17, 15) is 13.2 Å². The lowest BCUT2D eigenvalue weighted by atomic mass is 9.43. The summed E-state index contributed by atoms with van der Waals surface area (Å²) >= 11 is 6.25. The molecule has 2 unspecified atom stereocenters. The lowest BCUT2D eigenvalue weighted by molar-refractivity contribution is -0.138. The summed E-state index contributed by atoms with van der Waals surface area (Å²) in [5, 5.41) is 3.69. The maximum absolute atomic E-state index is 13.8. The maximum Gasteiger partial charge on any atom is 0.264 e. The van der Waals surface area contributed by atoms with Gasteiger partial charge in [0.15, 0.2) is 0 Å². The van der Waals surface area contributed by atoms with Gasteiger partial charge in [-0.2, -0.15) is 0 Å². The number of sulfonamides is 1. The molecule has 8 heteroatoms. The van der Waals surface area contributed by atoms with Crippen molar-refractivity contribution in [2.45, 2.75) is 62.8 Å². The average molecular weight is 517 g/mol. The molecule has 0 spiro atoms. The fourth-order valence-corrected chi connectivity index (χ4v) is 9.54. The molecule has 6 rings (SSSR count). The van der Waals surface area contributed by atoms with Crippen molar-refractivity contribution in [2.75, 3.05) is 18.0 Å². The average Bonchev–Trinajstić information content (AvgIpc) is 2.75. The lowest BCUT2D eigenvalue weighted by Crippen LogP contribution is -2.65. The molecule has 188 valence electrons. The van der Waals surface area contributed by atoms with Gasteiger partial charge >= 0.3 is 0 Å². The summed E-state index contributed by atoms with van der Waals surface area (Å²) in [5.41, 5.74) is 0.421. The van der Waals surface area contributed by atoms with E-state index in [2.05, 4.69) is 19.2 Å². The van der Waals surface area contributed by atoms with Crippen LogP contribution in [0.25, 0.3) is 0 Å². The molecule has 4 aliphatic carbocycles. The molecule has 35 heavy (non-hydrogen) atoms. The van der Waals surface area contributed by atoms with E-state index in [4.69, 9.17) is 16.3 Å². The largest absolute Gasteiger partial charge is 0.495 e. The van der Waals surface area contributed by atoms with Crippen molar-refractivity contribution in [1.29, 1.82) is 0 Å². The van der Waals surface area contributed by atoms with Crippen LogP contribution < -0.4 is 14.4 Å². The number of amides is 1. The first-order valence-corrected chi connectivity index (χ1v) is 14.0. The molecule has 0 saturated heterocycles. The highest BCUT2D eigenvalue weighted by Gasteiger charge is 2.60. The standard InChI is InChI=1S/C27H33ClN2O4S/c1-25-12-19-13-26(2,16-25)18-27(14-19,17-25)29-24(31)15-30(22-11-20(28)9-10-23(22)34-3)35(32,33)21-7-5-4-6-8-21/h4-11,19H,12-18H2,1-3H3,(H,29,31). The Morgan fingerprint density at radius 1 is 1.06 bits per heavy atom. The topological polar surface area (TPSA) is 75.7 Å². The van der Waals surface area contributed by atoms with Gasteiger partial charge in [-0.15, -0.1) is 0 Å². The summed E-state index contributed by atoms with van der Waals surface area (Å²) in [6.07, 6.45) is 6.49. The fraction of sp³-hybridized carbons (Fsp3) is 0.519. The summed E-state index contributed by atoms with van der Waals surface area (Å²) in [7, 11) is -2.59. The second-order valence-electron chi connectivity index (χ2n) is 11.6. The van der Waals surface area contributed by atoms with Crippen LogP contribution in [-0.4, -0.2) is 33.5 Å². The van der Waals surface area contributed by atoms with Crippen LogP contribution in [0.4, 0.5) is 5.69 Å². The van der Waals surface area contributed by atoms with Crippen LogP contribution in [-0.2, 0) is 14.8 Å². The van der Waals surface area contributed by atoms with Gasteiger partial charge in [0.05, 0.1) is 17.7 Å². The number of hydrogen-bond donors (Lipinski definition) is 1. The van der Waals surface area contributed by atoms with Crippen LogP contribution in [0.2, 0.25) is 5.02 Å². The zero-order valence-electron chi connectivity index (χ0n) is 20.5. The number of carbonyl (C=O) groups is 1. The predicted octanol–water partition coefficient (Wildman–Crippen LogP) is 5.41. The molecular weight excluding hydrogens is 484 g/mol. The van der Waals surface area contributed by atoms with Crippen molar-refractivity contribution in [2.24, 2.45) is 16.7 Å². The van der Waals surface area contributed by atoms with Crippen molar-refractivity contribution in [1.82, 2.24) is 5.32 Å². The van der Waals surface area contributed by atoms with Crippen LogP contribution in [0.1, 0.15) is 52.4 Å². The Morgan fingerprint density at radius 2 is 1.71 bits per heavy atom. The van der Waals surface area contributed by atoms with Crippen molar-refractivity contribution in [3.8, 4) is 5.75 Å². The van der Waals surface area contributed by atoms with E-state index in [1.807, 2.05) is 0 Å². The monoisotopic (exact) mass is 516 g/mol. The summed E-state index contributed by atoms with van der Waals surface area (Å²) in [6, 6.07) is 12.9. The number of methoxy groups -OCH3 is 1. The molecule has 4 aliphatic rings. The molecule has 0 heterocycles. The Bertz CT molecular complexity index is 1230. The smallest absolute Gasteiger partial charge is 0.264 e. The van der Waals surface area contributed by atoms with Crippen LogP contribution in [0, 0.1) is 16.7 Å². The van der Waals surface area contributed by atoms with Gasteiger partial charge in [0, 0.05) is 10.6 Å². The highest BCUT2D eigenvalue weighted by Crippen LogP contribution is 2.66. The summed E-state index contributed by atoms with van der Waals surface area (Å²) in [5.74, 6) is 0.635. The quantitative estimate of drug-likeness (QED) is 0.534. The Balaban J connectivity index is 1.48. The third-order valence-electron chi connectivity index (χ3n) is 8.06. The Labute approximate surface area is 213 Å². The second-order valence-corrected chi connectivity index (χ2v) is 13.9. The Morgan fingerprint density at radius 3 is 2.31 bits per heavy atom. The molecule has 2 atom stereocenters. The van der Waals surface area contributed by atoms with Crippen molar-refractivity contribution < 1.29 is 17.9 Å². The molecule has 0 aromatic heterocycles. The van der Waals surface area contributed by atoms with Crippen molar-refractivity contribution >= 4 is 33.2 Å². The van der Waals surface area contributed by atoms with E-state index >= 15 is 0 Å². The number of nitrogens with one attached hydrogen (secondary N) is 1. The van der Waals surface area contributed by atoms with Crippen LogP contribution in [0.3, 0.4) is 0 Å². The van der Waals surface area contributed by atoms with Gasteiger partial charge in [-0.1, -0.05) is 43.6 Å². The number of carbonyl (C=O) groups excluding carboxylic acids is 1. The molecule has 4 fully saturated rings. The number of anilines is 1. The number of nitrogens with zero attached hydrogens (tertiary/aromatic N) is 1. The van der Waals surface area contributed by atoms with Gasteiger partial charge in [0.1, 0.15) is 12.3 Å². The third kappa shape index (κ3) is 4.53. The van der Waals surface area contributed by atoms with Crippen LogP contribution >= 0.6 is 11.6 Å². The van der Waals surface area contributed by atoms with Crippen molar-refractivity contribution in [3.05, 3.63) is 53.6 Å². The first kappa shape index (κ1) is 24.4. The minimum Gasteiger partial charge on any atom is -0.495 e. The van der Waals surface area contributed by atoms with E-state index in [0.717, 1.165) is 23.6 Å². The van der Waals surface area contributed by atoms with Gasteiger partial charge < -0.3 is 10.1 Å². The van der Waals surface area contributed by atoms with Gasteiger partial charge in [0.2, 0.25) is 5.91 Å². The SMILES string of the molecule is COc1ccc(Cl)cc1N(CC(=O)NC12CC3CC(C)(CC(C)(C3)C1)C2)S(=O)(=O)c1ccccc1. The number of benzene rings is 2. The molecule has 6 nitrogen and oxygen atoms in total. The molecule has 4 bridgehead atoms. The Kier molecular flexibility index (Phi) is 5.87. The van der Waals surface area contributed by atoms with Gasteiger partial charge in [-0.3, -0.25) is 9.10 Å². The molecule has 0 radical (unpaired) electrons. The number of halogens is 1. The lowest BCUT2D eigenvalue weighted by Gasteiger charge is -2.65. The van der Waals surface area contributed by atoms with Gasteiger partial charge in [-0.05, 0) is 85.6 Å². The third-order valence-corrected chi connectivity index (χ3v) is 10.1. The zero-order valence-corrected chi connectivity index (χ0v) is 22.1. The Hall–Kier alpha value is -2.25. The van der Waals surface area contributed by atoms with E-state index in [-0.39, 0.29) is 39.4 Å². The number of hydrogen-bond acceptors (Lipinski definition) is 4. The van der Waals surface area contributed by atoms with E-state index in [1.54, 1.807) is 30.3 Å². The molecule has 0 aliphatic heterocycles. The minimum absolute atomic E-state index is 0.102. The number of ether oxygens (including phenoxy) is 1. The molecule has 1 N–H and O–H groups in total. The molecule has 2 aromatic carbocycles. The molecule has 2 aromatic rings. The van der Waals surface area contributed by atoms with Gasteiger partial charge in [0.25, 0.3) is 10.0 Å². The summed E-state index contributed by atoms with van der Waals surface area (Å²) < 4.78 is 34.1. The molecular formula is C27H33ClN2O4S. The normalized spacial score (nSPS) is 31.3. The van der Waals surface area contributed by atoms with E-state index in [0.29, 0.717) is 16.7 Å². The van der Waals surface area contributed by atoms with E-state index < -0.39 is 10.0 Å². The van der Waals surface area contributed by atoms with Crippen molar-refractivity contribution in [3.63, 3.8) is 0 Å². The van der Waals surface area contributed by atoms with Gasteiger partial charge in [-0.25, -0.2) is 8.42 Å². The van der Waals surface area contributed by atoms with Crippen LogP contribution in [0.5, 0.6) is 5.75 Å². The molecule has 4 saturated carbocycles. The second kappa shape index (κ2) is 8.41. The first-order chi connectivity index (χ1) is 16.4. The predicted molar refractivity (Wildman–Crippen MR) is 137 cm³/mol. The highest BCUT2D eigenvalue weighted by molar-refractivity contribution is 7.92. The maximum atomic E-state index is 13.8. The first-order valence-electron chi connectivity index (χ1n) is 12.2.